The van der Waals surface area contributed by atoms with Crippen LogP contribution in [0.25, 0.3) is 0 Å². The van der Waals surface area contributed by atoms with E-state index in [0.29, 0.717) is 16.5 Å². The third-order valence-electron chi connectivity index (χ3n) is 2.91. The number of anilines is 1. The van der Waals surface area contributed by atoms with E-state index in [-0.39, 0.29) is 18.2 Å². The Morgan fingerprint density at radius 2 is 1.96 bits per heavy atom. The molecule has 23 heavy (non-hydrogen) atoms. The number of rotatable bonds is 5. The van der Waals surface area contributed by atoms with E-state index in [0.717, 1.165) is 5.56 Å². The van der Waals surface area contributed by atoms with Crippen molar-refractivity contribution in [3.63, 3.8) is 0 Å². The van der Waals surface area contributed by atoms with E-state index in [9.17, 15) is 9.18 Å². The zero-order valence-electron chi connectivity index (χ0n) is 12.3. The highest BCUT2D eigenvalue weighted by Gasteiger charge is 2.05. The second kappa shape index (κ2) is 8.04. The molecule has 0 spiro atoms. The lowest BCUT2D eigenvalue weighted by molar-refractivity contribution is 0.247. The monoisotopic (exact) mass is 356 g/mol. The van der Waals surface area contributed by atoms with Gasteiger partial charge in [0.05, 0.1) is 16.6 Å². The Morgan fingerprint density at radius 3 is 2.70 bits per heavy atom. The first kappa shape index (κ1) is 17.4. The molecule has 122 valence electrons. The van der Waals surface area contributed by atoms with E-state index >= 15 is 0 Å². The molecule has 0 aliphatic heterocycles. The van der Waals surface area contributed by atoms with Gasteiger partial charge >= 0.3 is 6.03 Å². The van der Waals surface area contributed by atoms with Crippen molar-refractivity contribution in [1.82, 2.24) is 5.32 Å². The summed E-state index contributed by atoms with van der Waals surface area (Å²) < 4.78 is 18.5. The Hall–Kier alpha value is -1.98. The summed E-state index contributed by atoms with van der Waals surface area (Å²) in [5.74, 6) is 0.0280. The van der Waals surface area contributed by atoms with E-state index in [1.807, 2.05) is 19.1 Å². The molecule has 2 N–H and O–H groups in total. The highest BCUT2D eigenvalue weighted by molar-refractivity contribution is 6.32. The number of urea groups is 1. The Bertz CT molecular complexity index is 710. The minimum atomic E-state index is -0.541. The molecule has 0 aliphatic carbocycles. The lowest BCUT2D eigenvalue weighted by atomic mass is 10.2. The van der Waals surface area contributed by atoms with Crippen molar-refractivity contribution in [3.8, 4) is 5.75 Å². The van der Waals surface area contributed by atoms with E-state index in [2.05, 4.69) is 10.6 Å². The van der Waals surface area contributed by atoms with Crippen LogP contribution >= 0.6 is 23.2 Å². The van der Waals surface area contributed by atoms with Crippen LogP contribution in [0.5, 0.6) is 5.75 Å². The fraction of sp³-hybridized carbons (Fsp3) is 0.188. The molecule has 0 aromatic heterocycles. The molecule has 0 bridgehead atoms. The Morgan fingerprint density at radius 1 is 1.17 bits per heavy atom. The number of hydrogen-bond acceptors (Lipinski definition) is 2. The van der Waals surface area contributed by atoms with Crippen molar-refractivity contribution in [2.45, 2.75) is 6.92 Å². The molecule has 2 rings (SSSR count). The lowest BCUT2D eigenvalue weighted by Gasteiger charge is -2.11. The van der Waals surface area contributed by atoms with E-state index in [1.165, 1.54) is 18.2 Å². The molecule has 7 heteroatoms. The van der Waals surface area contributed by atoms with Crippen LogP contribution in [0, 0.1) is 12.7 Å². The summed E-state index contributed by atoms with van der Waals surface area (Å²) in [5.41, 5.74) is 1.43. The first-order valence-corrected chi connectivity index (χ1v) is 7.60. The topological polar surface area (TPSA) is 50.4 Å². The number of halogens is 3. The van der Waals surface area contributed by atoms with E-state index < -0.39 is 11.8 Å². The van der Waals surface area contributed by atoms with Crippen molar-refractivity contribution < 1.29 is 13.9 Å². The average molecular weight is 357 g/mol. The zero-order valence-corrected chi connectivity index (χ0v) is 13.8. The summed E-state index contributed by atoms with van der Waals surface area (Å²) in [6.45, 7) is 2.48. The van der Waals surface area contributed by atoms with Gasteiger partial charge in [0.1, 0.15) is 18.2 Å². The van der Waals surface area contributed by atoms with Crippen molar-refractivity contribution in [1.29, 1.82) is 0 Å². The lowest BCUT2D eigenvalue weighted by Crippen LogP contribution is -2.32. The van der Waals surface area contributed by atoms with Crippen LogP contribution in [0.2, 0.25) is 10.0 Å². The number of amides is 2. The highest BCUT2D eigenvalue weighted by Crippen LogP contribution is 2.25. The number of carbonyl (C=O) groups excluding carboxylic acids is 1. The molecule has 0 saturated heterocycles. The summed E-state index contributed by atoms with van der Waals surface area (Å²) in [5, 5.41) is 5.62. The summed E-state index contributed by atoms with van der Waals surface area (Å²) in [7, 11) is 0. The van der Waals surface area contributed by atoms with Crippen LogP contribution in [-0.2, 0) is 0 Å². The molecule has 0 atom stereocenters. The maximum absolute atomic E-state index is 13.0. The van der Waals surface area contributed by atoms with Crippen LogP contribution in [0.1, 0.15) is 5.56 Å². The summed E-state index contributed by atoms with van der Waals surface area (Å²) in [6.07, 6.45) is 0. The van der Waals surface area contributed by atoms with Gasteiger partial charge in [0.15, 0.2) is 0 Å². The number of nitrogens with one attached hydrogen (secondary N) is 2. The second-order valence-corrected chi connectivity index (χ2v) is 5.61. The fourth-order valence-electron chi connectivity index (χ4n) is 1.80. The zero-order chi connectivity index (χ0) is 16.8. The highest BCUT2D eigenvalue weighted by atomic mass is 35.5. The fourth-order valence-corrected chi connectivity index (χ4v) is 2.15. The quantitative estimate of drug-likeness (QED) is 0.766. The standard InChI is InChI=1S/C16H15Cl2FN2O2/c1-10-2-4-12(17)15(8-10)23-7-6-20-16(22)21-11-3-5-14(19)13(18)9-11/h2-5,8-9H,6-7H2,1H3,(H2,20,21,22). The third-order valence-corrected chi connectivity index (χ3v) is 3.51. The van der Waals surface area contributed by atoms with Crippen LogP contribution in [-0.4, -0.2) is 19.2 Å². The van der Waals surface area contributed by atoms with Gasteiger partial charge in [0.2, 0.25) is 0 Å². The molecule has 2 aromatic rings. The van der Waals surface area contributed by atoms with Crippen LogP contribution in [0.4, 0.5) is 14.9 Å². The van der Waals surface area contributed by atoms with Gasteiger partial charge in [-0.25, -0.2) is 9.18 Å². The van der Waals surface area contributed by atoms with Gasteiger partial charge in [0, 0.05) is 5.69 Å². The van der Waals surface area contributed by atoms with Crippen molar-refractivity contribution in [2.24, 2.45) is 0 Å². The van der Waals surface area contributed by atoms with Crippen molar-refractivity contribution in [2.75, 3.05) is 18.5 Å². The third kappa shape index (κ3) is 5.30. The SMILES string of the molecule is Cc1ccc(Cl)c(OCCNC(=O)Nc2ccc(F)c(Cl)c2)c1. The van der Waals surface area contributed by atoms with Gasteiger partial charge in [-0.1, -0.05) is 29.3 Å². The number of ether oxygens (including phenoxy) is 1. The molecule has 0 radical (unpaired) electrons. The minimum Gasteiger partial charge on any atom is -0.490 e. The number of aryl methyl sites for hydroxylation is 1. The van der Waals surface area contributed by atoms with Gasteiger partial charge in [-0.2, -0.15) is 0 Å². The van der Waals surface area contributed by atoms with Gasteiger partial charge in [0.25, 0.3) is 0 Å². The first-order chi connectivity index (χ1) is 11.0. The molecule has 0 aliphatic rings. The van der Waals surface area contributed by atoms with Gasteiger partial charge in [-0.15, -0.1) is 0 Å². The smallest absolute Gasteiger partial charge is 0.319 e. The van der Waals surface area contributed by atoms with Gasteiger partial charge in [-0.3, -0.25) is 0 Å². The normalized spacial score (nSPS) is 10.3. The van der Waals surface area contributed by atoms with Crippen molar-refractivity contribution in [3.05, 3.63) is 57.8 Å². The van der Waals surface area contributed by atoms with Crippen molar-refractivity contribution >= 4 is 34.9 Å². The molecule has 0 heterocycles. The molecule has 4 nitrogen and oxygen atoms in total. The summed E-state index contributed by atoms with van der Waals surface area (Å²) in [4.78, 5) is 11.7. The Labute approximate surface area is 143 Å². The molecular weight excluding hydrogens is 342 g/mol. The molecule has 0 unspecified atom stereocenters. The predicted molar refractivity (Wildman–Crippen MR) is 90.1 cm³/mol. The number of hydrogen-bond donors (Lipinski definition) is 2. The molecular formula is C16H15Cl2FN2O2. The van der Waals surface area contributed by atoms with Crippen LogP contribution < -0.4 is 15.4 Å². The molecule has 2 aromatic carbocycles. The van der Waals surface area contributed by atoms with Gasteiger partial charge in [-0.05, 0) is 42.8 Å². The Kier molecular flexibility index (Phi) is 6.07. The predicted octanol–water partition coefficient (Wildman–Crippen LogP) is 4.64. The van der Waals surface area contributed by atoms with Gasteiger partial charge < -0.3 is 15.4 Å². The largest absolute Gasteiger partial charge is 0.490 e. The van der Waals surface area contributed by atoms with Crippen LogP contribution in [0.3, 0.4) is 0 Å². The molecule has 2 amide bonds. The number of benzene rings is 2. The summed E-state index contributed by atoms with van der Waals surface area (Å²) >= 11 is 11.6. The Balaban J connectivity index is 1.76. The van der Waals surface area contributed by atoms with Crippen LogP contribution in [0.15, 0.2) is 36.4 Å². The molecule has 0 saturated carbocycles. The average Bonchev–Trinajstić information content (AvgIpc) is 2.51. The minimum absolute atomic E-state index is 0.0553. The maximum Gasteiger partial charge on any atom is 0.319 e. The first-order valence-electron chi connectivity index (χ1n) is 6.84. The second-order valence-electron chi connectivity index (χ2n) is 4.79. The van der Waals surface area contributed by atoms with E-state index in [1.54, 1.807) is 6.07 Å². The maximum atomic E-state index is 13.0. The number of carbonyl (C=O) groups is 1. The molecule has 0 fully saturated rings. The van der Waals surface area contributed by atoms with E-state index in [4.69, 9.17) is 27.9 Å². The summed E-state index contributed by atoms with van der Waals surface area (Å²) in [6, 6.07) is 8.96.